The zero-order valence-electron chi connectivity index (χ0n) is 22.7. The van der Waals surface area contributed by atoms with Gasteiger partial charge in [-0.2, -0.15) is 0 Å². The number of benzene rings is 3. The van der Waals surface area contributed by atoms with Gasteiger partial charge in [-0.15, -0.1) is 11.8 Å². The van der Waals surface area contributed by atoms with Crippen molar-refractivity contribution in [2.75, 3.05) is 5.75 Å². The van der Waals surface area contributed by atoms with Gasteiger partial charge in [0.05, 0.1) is 5.75 Å². The fourth-order valence-electron chi connectivity index (χ4n) is 5.37. The van der Waals surface area contributed by atoms with Crippen molar-refractivity contribution in [3.8, 4) is 0 Å². The Hall–Kier alpha value is -3.05. The molecule has 4 nitrogen and oxygen atoms in total. The van der Waals surface area contributed by atoms with E-state index in [2.05, 4.69) is 37.4 Å². The van der Waals surface area contributed by atoms with Gasteiger partial charge >= 0.3 is 0 Å². The van der Waals surface area contributed by atoms with Gasteiger partial charge in [0.1, 0.15) is 6.04 Å². The van der Waals surface area contributed by atoms with E-state index in [4.69, 9.17) is 0 Å². The molecule has 0 saturated heterocycles. The van der Waals surface area contributed by atoms with Crippen molar-refractivity contribution in [3.05, 3.63) is 107 Å². The Kier molecular flexibility index (Phi) is 10.5. The zero-order chi connectivity index (χ0) is 26.7. The molecule has 1 N–H and O–H groups in total. The molecule has 1 atom stereocenters. The van der Waals surface area contributed by atoms with E-state index in [1.807, 2.05) is 65.6 Å². The van der Waals surface area contributed by atoms with Crippen molar-refractivity contribution >= 4 is 23.6 Å². The molecule has 0 spiro atoms. The lowest BCUT2D eigenvalue weighted by Crippen LogP contribution is -2.53. The summed E-state index contributed by atoms with van der Waals surface area (Å²) < 4.78 is 0. The zero-order valence-corrected chi connectivity index (χ0v) is 23.5. The first-order valence-corrected chi connectivity index (χ1v) is 15.0. The van der Waals surface area contributed by atoms with E-state index in [0.717, 1.165) is 42.6 Å². The molecule has 0 bridgehead atoms. The monoisotopic (exact) mass is 528 g/mol. The Labute approximate surface area is 232 Å². The van der Waals surface area contributed by atoms with Crippen LogP contribution in [0.3, 0.4) is 0 Å². The number of carbonyl (C=O) groups excluding carboxylic acids is 2. The van der Waals surface area contributed by atoms with Gasteiger partial charge in [-0.05, 0) is 43.4 Å². The summed E-state index contributed by atoms with van der Waals surface area (Å²) in [6, 6.07) is 26.2. The number of amides is 2. The van der Waals surface area contributed by atoms with Crippen LogP contribution in [-0.4, -0.2) is 34.6 Å². The molecule has 0 heterocycles. The molecule has 3 aromatic carbocycles. The fourth-order valence-corrected chi connectivity index (χ4v) is 6.21. The minimum Gasteiger partial charge on any atom is -0.352 e. The summed E-state index contributed by atoms with van der Waals surface area (Å²) in [5.41, 5.74) is 5.79. The summed E-state index contributed by atoms with van der Waals surface area (Å²) in [7, 11) is 0. The standard InChI is InChI=1S/C33H40N2O2S/c1-25-18-26(2)20-29(19-25)23-38-24-32(36)35(22-28-14-8-4-9-15-28)31(21-27-12-6-3-7-13-27)33(37)34-30-16-10-5-11-17-30/h3-4,6-9,12-15,18-20,30-31H,5,10-11,16-17,21-24H2,1-2H3,(H,34,37)/t31-/m1/s1. The third kappa shape index (κ3) is 8.49. The molecule has 0 aliphatic heterocycles. The second-order valence-corrected chi connectivity index (χ2v) is 11.5. The molecule has 0 aromatic heterocycles. The minimum atomic E-state index is -0.561. The van der Waals surface area contributed by atoms with E-state index in [0.29, 0.717) is 18.7 Å². The van der Waals surface area contributed by atoms with E-state index in [-0.39, 0.29) is 17.9 Å². The average molecular weight is 529 g/mol. The van der Waals surface area contributed by atoms with E-state index >= 15 is 0 Å². The lowest BCUT2D eigenvalue weighted by atomic mass is 9.94. The summed E-state index contributed by atoms with van der Waals surface area (Å²) in [5.74, 6) is 1.07. The van der Waals surface area contributed by atoms with Crippen molar-refractivity contribution in [3.63, 3.8) is 0 Å². The summed E-state index contributed by atoms with van der Waals surface area (Å²) in [4.78, 5) is 29.4. The summed E-state index contributed by atoms with van der Waals surface area (Å²) in [6.07, 6.45) is 6.06. The highest BCUT2D eigenvalue weighted by atomic mass is 32.2. The number of hydrogen-bond donors (Lipinski definition) is 1. The highest BCUT2D eigenvalue weighted by Crippen LogP contribution is 2.22. The average Bonchev–Trinajstić information content (AvgIpc) is 2.92. The molecule has 4 rings (SSSR count). The van der Waals surface area contributed by atoms with E-state index in [1.54, 1.807) is 11.8 Å². The van der Waals surface area contributed by atoms with Crippen molar-refractivity contribution < 1.29 is 9.59 Å². The van der Waals surface area contributed by atoms with Crippen LogP contribution in [0.4, 0.5) is 0 Å². The number of nitrogens with one attached hydrogen (secondary N) is 1. The van der Waals surface area contributed by atoms with Crippen LogP contribution < -0.4 is 5.32 Å². The van der Waals surface area contributed by atoms with Crippen molar-refractivity contribution in [1.29, 1.82) is 0 Å². The van der Waals surface area contributed by atoms with Gasteiger partial charge in [0.15, 0.2) is 0 Å². The second kappa shape index (κ2) is 14.2. The van der Waals surface area contributed by atoms with Gasteiger partial charge in [0.25, 0.3) is 0 Å². The highest BCUT2D eigenvalue weighted by molar-refractivity contribution is 7.99. The SMILES string of the molecule is Cc1cc(C)cc(CSCC(=O)N(Cc2ccccc2)[C@H](Cc2ccccc2)C(=O)NC2CCCCC2)c1. The Balaban J connectivity index is 1.54. The first kappa shape index (κ1) is 28.0. The number of carbonyl (C=O) groups is 2. The van der Waals surface area contributed by atoms with Crippen LogP contribution in [0.15, 0.2) is 78.9 Å². The Bertz CT molecular complexity index is 1160. The molecule has 1 aliphatic carbocycles. The van der Waals surface area contributed by atoms with E-state index in [1.165, 1.54) is 23.1 Å². The van der Waals surface area contributed by atoms with Gasteiger partial charge in [0.2, 0.25) is 11.8 Å². The number of rotatable bonds is 11. The van der Waals surface area contributed by atoms with Gasteiger partial charge in [-0.25, -0.2) is 0 Å². The van der Waals surface area contributed by atoms with Crippen LogP contribution in [0.5, 0.6) is 0 Å². The highest BCUT2D eigenvalue weighted by Gasteiger charge is 2.31. The van der Waals surface area contributed by atoms with Crippen LogP contribution in [0, 0.1) is 13.8 Å². The molecular formula is C33H40N2O2S. The van der Waals surface area contributed by atoms with E-state index < -0.39 is 6.04 Å². The third-order valence-corrected chi connectivity index (χ3v) is 8.18. The number of aryl methyl sites for hydroxylation is 2. The minimum absolute atomic E-state index is 0.00273. The first-order chi connectivity index (χ1) is 18.5. The second-order valence-electron chi connectivity index (χ2n) is 10.5. The van der Waals surface area contributed by atoms with Crippen LogP contribution in [0.1, 0.15) is 59.9 Å². The molecular weight excluding hydrogens is 488 g/mol. The largest absolute Gasteiger partial charge is 0.352 e. The topological polar surface area (TPSA) is 49.4 Å². The quantitative estimate of drug-likeness (QED) is 0.304. The van der Waals surface area contributed by atoms with Crippen molar-refractivity contribution in [1.82, 2.24) is 10.2 Å². The predicted octanol–water partition coefficient (Wildman–Crippen LogP) is 6.63. The Morgan fingerprint density at radius 2 is 1.45 bits per heavy atom. The van der Waals surface area contributed by atoms with E-state index in [9.17, 15) is 9.59 Å². The molecule has 200 valence electrons. The number of nitrogens with zero attached hydrogens (tertiary/aromatic N) is 1. The maximum atomic E-state index is 13.8. The summed E-state index contributed by atoms with van der Waals surface area (Å²) in [5, 5.41) is 3.32. The maximum absolute atomic E-state index is 13.8. The van der Waals surface area contributed by atoms with Crippen LogP contribution in [0.2, 0.25) is 0 Å². The maximum Gasteiger partial charge on any atom is 0.243 e. The van der Waals surface area contributed by atoms with Crippen LogP contribution in [-0.2, 0) is 28.3 Å². The molecule has 1 aliphatic rings. The molecule has 0 unspecified atom stereocenters. The molecule has 1 saturated carbocycles. The number of thioether (sulfide) groups is 1. The molecule has 1 fully saturated rings. The predicted molar refractivity (Wildman–Crippen MR) is 158 cm³/mol. The Morgan fingerprint density at radius 1 is 0.842 bits per heavy atom. The van der Waals surface area contributed by atoms with Gasteiger partial charge < -0.3 is 10.2 Å². The third-order valence-electron chi connectivity index (χ3n) is 7.19. The van der Waals surface area contributed by atoms with Gasteiger partial charge in [-0.1, -0.05) is 109 Å². The lowest BCUT2D eigenvalue weighted by molar-refractivity contribution is -0.139. The lowest BCUT2D eigenvalue weighted by Gasteiger charge is -2.33. The molecule has 2 amide bonds. The van der Waals surface area contributed by atoms with Crippen molar-refractivity contribution in [2.24, 2.45) is 0 Å². The molecule has 0 radical (unpaired) electrons. The van der Waals surface area contributed by atoms with Gasteiger partial charge in [-0.3, -0.25) is 9.59 Å². The molecule has 5 heteroatoms. The summed E-state index contributed by atoms with van der Waals surface area (Å²) >= 11 is 1.62. The number of hydrogen-bond acceptors (Lipinski definition) is 3. The summed E-state index contributed by atoms with van der Waals surface area (Å²) in [6.45, 7) is 4.62. The fraction of sp³-hybridized carbons (Fsp3) is 0.394. The van der Waals surface area contributed by atoms with Crippen LogP contribution >= 0.6 is 11.8 Å². The first-order valence-electron chi connectivity index (χ1n) is 13.8. The molecule has 3 aromatic rings. The smallest absolute Gasteiger partial charge is 0.243 e. The molecule has 38 heavy (non-hydrogen) atoms. The Morgan fingerprint density at radius 3 is 2.08 bits per heavy atom. The van der Waals surface area contributed by atoms with Crippen LogP contribution in [0.25, 0.3) is 0 Å². The van der Waals surface area contributed by atoms with Gasteiger partial charge in [0, 0.05) is 24.8 Å². The van der Waals surface area contributed by atoms with Crippen molar-refractivity contribution in [2.45, 2.75) is 76.8 Å². The normalized spacial score (nSPS) is 14.6.